The van der Waals surface area contributed by atoms with Crippen LogP contribution in [-0.2, 0) is 0 Å². The lowest BCUT2D eigenvalue weighted by Crippen LogP contribution is -2.41. The van der Waals surface area contributed by atoms with Crippen LogP contribution in [-0.4, -0.2) is 29.8 Å². The summed E-state index contributed by atoms with van der Waals surface area (Å²) in [7, 11) is 0. The molecule has 1 fully saturated rings. The summed E-state index contributed by atoms with van der Waals surface area (Å²) in [5.41, 5.74) is 8.46. The number of azide groups is 1. The fraction of sp³-hybridized carbons (Fsp3) is 1.00. The summed E-state index contributed by atoms with van der Waals surface area (Å²) in [6, 6.07) is 0.243. The minimum Gasteiger partial charge on any atom is -0.391 e. The van der Waals surface area contributed by atoms with Crippen LogP contribution in [0.15, 0.2) is 5.11 Å². The Bertz CT molecular complexity index is 247. The van der Waals surface area contributed by atoms with Crippen LogP contribution in [0.5, 0.6) is 0 Å². The van der Waals surface area contributed by atoms with Crippen molar-refractivity contribution in [3.05, 3.63) is 10.4 Å². The van der Waals surface area contributed by atoms with Gasteiger partial charge in [-0.1, -0.05) is 37.7 Å². The molecule has 1 saturated carbocycles. The van der Waals surface area contributed by atoms with Gasteiger partial charge in [-0.3, -0.25) is 0 Å². The Labute approximate surface area is 103 Å². The Hall–Kier alpha value is -0.770. The molecular formula is C12H24N4O. The van der Waals surface area contributed by atoms with Gasteiger partial charge in [0.2, 0.25) is 0 Å². The van der Waals surface area contributed by atoms with Crippen molar-refractivity contribution in [2.75, 3.05) is 6.54 Å². The van der Waals surface area contributed by atoms with Gasteiger partial charge in [-0.05, 0) is 24.8 Å². The molecule has 5 heteroatoms. The number of hydrogen-bond acceptors (Lipinski definition) is 3. The Kier molecular flexibility index (Phi) is 7.01. The van der Waals surface area contributed by atoms with Crippen LogP contribution in [0.1, 0.15) is 51.9 Å². The van der Waals surface area contributed by atoms with Crippen LogP contribution in [0, 0.1) is 0 Å². The number of aliphatic hydroxyl groups excluding tert-OH is 1. The summed E-state index contributed by atoms with van der Waals surface area (Å²) in [5.74, 6) is 0. The molecule has 17 heavy (non-hydrogen) atoms. The molecule has 0 aromatic heterocycles. The molecule has 0 saturated heterocycles. The van der Waals surface area contributed by atoms with E-state index in [4.69, 9.17) is 5.53 Å². The molecule has 0 spiro atoms. The molecule has 0 aromatic carbocycles. The summed E-state index contributed by atoms with van der Waals surface area (Å²) < 4.78 is 0. The van der Waals surface area contributed by atoms with E-state index in [0.29, 0.717) is 12.6 Å². The Morgan fingerprint density at radius 2 is 2.12 bits per heavy atom. The van der Waals surface area contributed by atoms with Gasteiger partial charge >= 0.3 is 0 Å². The van der Waals surface area contributed by atoms with Crippen molar-refractivity contribution in [3.63, 3.8) is 0 Å². The zero-order valence-electron chi connectivity index (χ0n) is 10.7. The molecule has 5 nitrogen and oxygen atoms in total. The lowest BCUT2D eigenvalue weighted by atomic mass is 9.95. The fourth-order valence-electron chi connectivity index (χ4n) is 2.42. The predicted molar refractivity (Wildman–Crippen MR) is 68.7 cm³/mol. The van der Waals surface area contributed by atoms with Crippen LogP contribution >= 0.6 is 0 Å². The first-order valence-electron chi connectivity index (χ1n) is 6.73. The molecule has 0 heterocycles. The minimum absolute atomic E-state index is 0.291. The van der Waals surface area contributed by atoms with Gasteiger partial charge in [-0.2, -0.15) is 0 Å². The number of nitrogens with zero attached hydrogens (tertiary/aromatic N) is 3. The first-order chi connectivity index (χ1) is 8.27. The predicted octanol–water partition coefficient (Wildman–Crippen LogP) is 2.75. The third-order valence-electron chi connectivity index (χ3n) is 3.45. The van der Waals surface area contributed by atoms with Gasteiger partial charge in [0.05, 0.1) is 12.1 Å². The highest BCUT2D eigenvalue weighted by Crippen LogP contribution is 2.17. The van der Waals surface area contributed by atoms with E-state index in [0.717, 1.165) is 12.8 Å². The molecule has 1 rings (SSSR count). The van der Waals surface area contributed by atoms with Gasteiger partial charge in [0.15, 0.2) is 0 Å². The normalized spacial score (nSPS) is 20.6. The summed E-state index contributed by atoms with van der Waals surface area (Å²) in [4.78, 5) is 2.81. The van der Waals surface area contributed by atoms with E-state index in [1.54, 1.807) is 0 Å². The van der Waals surface area contributed by atoms with Crippen LogP contribution in [0.2, 0.25) is 0 Å². The second kappa shape index (κ2) is 8.34. The second-order valence-corrected chi connectivity index (χ2v) is 4.87. The molecular weight excluding hydrogens is 216 g/mol. The number of nitrogens with one attached hydrogen (secondary N) is 1. The van der Waals surface area contributed by atoms with E-state index in [1.807, 2.05) is 6.92 Å². The highest BCUT2D eigenvalue weighted by atomic mass is 16.3. The number of rotatable bonds is 7. The third kappa shape index (κ3) is 5.39. The van der Waals surface area contributed by atoms with Gasteiger partial charge in [-0.15, -0.1) is 0 Å². The Balaban J connectivity index is 2.29. The van der Waals surface area contributed by atoms with Gasteiger partial charge in [0.25, 0.3) is 0 Å². The average Bonchev–Trinajstić information content (AvgIpc) is 2.37. The summed E-state index contributed by atoms with van der Waals surface area (Å²) >= 11 is 0. The van der Waals surface area contributed by atoms with Crippen LogP contribution in [0.4, 0.5) is 0 Å². The number of aliphatic hydroxyl groups is 1. The highest BCUT2D eigenvalue weighted by molar-refractivity contribution is 4.80. The van der Waals surface area contributed by atoms with Gasteiger partial charge < -0.3 is 10.4 Å². The van der Waals surface area contributed by atoms with Crippen molar-refractivity contribution in [1.29, 1.82) is 0 Å². The maximum Gasteiger partial charge on any atom is 0.0749 e. The van der Waals surface area contributed by atoms with Crippen LogP contribution < -0.4 is 5.32 Å². The van der Waals surface area contributed by atoms with Gasteiger partial charge in [-0.25, -0.2) is 0 Å². The standard InChI is InChI=1S/C12H24N4O/c1-2-6-11(15-16-13)12(17)9-14-10-7-4-3-5-8-10/h10-12,14,17H,2-9H2,1H3/t11-,12+/m0/s1. The molecule has 1 aliphatic carbocycles. The lowest BCUT2D eigenvalue weighted by molar-refractivity contribution is 0.131. The number of hydrogen-bond donors (Lipinski definition) is 2. The summed E-state index contributed by atoms with van der Waals surface area (Å²) in [6.07, 6.45) is 7.40. The first kappa shape index (κ1) is 14.3. The molecule has 98 valence electrons. The Morgan fingerprint density at radius 3 is 2.71 bits per heavy atom. The first-order valence-corrected chi connectivity index (χ1v) is 6.73. The quantitative estimate of drug-likeness (QED) is 0.407. The van der Waals surface area contributed by atoms with E-state index in [-0.39, 0.29) is 6.04 Å². The maximum absolute atomic E-state index is 9.97. The second-order valence-electron chi connectivity index (χ2n) is 4.87. The molecule has 0 aliphatic heterocycles. The molecule has 2 atom stereocenters. The topological polar surface area (TPSA) is 81.0 Å². The van der Waals surface area contributed by atoms with E-state index in [2.05, 4.69) is 15.3 Å². The molecule has 1 aliphatic rings. The molecule has 0 amide bonds. The van der Waals surface area contributed by atoms with E-state index in [1.165, 1.54) is 32.1 Å². The zero-order chi connectivity index (χ0) is 12.5. The summed E-state index contributed by atoms with van der Waals surface area (Å²) in [6.45, 7) is 2.57. The third-order valence-corrected chi connectivity index (χ3v) is 3.45. The van der Waals surface area contributed by atoms with Crippen LogP contribution in [0.25, 0.3) is 10.4 Å². The SMILES string of the molecule is CCC[C@H](N=[N+]=[N-])[C@H](O)CNC1CCCCC1. The van der Waals surface area contributed by atoms with Crippen molar-refractivity contribution in [3.8, 4) is 0 Å². The largest absolute Gasteiger partial charge is 0.391 e. The molecule has 0 unspecified atom stereocenters. The van der Waals surface area contributed by atoms with E-state index in [9.17, 15) is 5.11 Å². The molecule has 0 aromatic rings. The summed E-state index contributed by atoms with van der Waals surface area (Å²) in [5, 5.41) is 17.0. The fourth-order valence-corrected chi connectivity index (χ4v) is 2.42. The molecule has 0 radical (unpaired) electrons. The van der Waals surface area contributed by atoms with Crippen molar-refractivity contribution >= 4 is 0 Å². The molecule has 0 bridgehead atoms. The minimum atomic E-state index is -0.562. The highest BCUT2D eigenvalue weighted by Gasteiger charge is 2.19. The lowest BCUT2D eigenvalue weighted by Gasteiger charge is -2.26. The average molecular weight is 240 g/mol. The Morgan fingerprint density at radius 1 is 1.41 bits per heavy atom. The van der Waals surface area contributed by atoms with Crippen LogP contribution in [0.3, 0.4) is 0 Å². The van der Waals surface area contributed by atoms with Crippen molar-refractivity contribution in [1.82, 2.24) is 5.32 Å². The maximum atomic E-state index is 9.97. The molecule has 2 N–H and O–H groups in total. The smallest absolute Gasteiger partial charge is 0.0749 e. The monoisotopic (exact) mass is 240 g/mol. The van der Waals surface area contributed by atoms with Crippen molar-refractivity contribution in [2.24, 2.45) is 5.11 Å². The zero-order valence-corrected chi connectivity index (χ0v) is 10.7. The van der Waals surface area contributed by atoms with E-state index < -0.39 is 6.10 Å². The van der Waals surface area contributed by atoms with Crippen molar-refractivity contribution in [2.45, 2.75) is 70.1 Å². The van der Waals surface area contributed by atoms with E-state index >= 15 is 0 Å². The van der Waals surface area contributed by atoms with Crippen molar-refractivity contribution < 1.29 is 5.11 Å². The van der Waals surface area contributed by atoms with Gasteiger partial charge in [0.1, 0.15) is 0 Å². The van der Waals surface area contributed by atoms with Gasteiger partial charge in [0, 0.05) is 17.5 Å².